The quantitative estimate of drug-likeness (QED) is 0.337. The molecule has 1 atom stereocenters. The van der Waals surface area contributed by atoms with Crippen molar-refractivity contribution in [3.63, 3.8) is 0 Å². The Balaban J connectivity index is 2.25. The van der Waals surface area contributed by atoms with Crippen LogP contribution in [0, 0.1) is 21.0 Å². The van der Waals surface area contributed by atoms with Gasteiger partial charge in [0.1, 0.15) is 11.5 Å². The predicted octanol–water partition coefficient (Wildman–Crippen LogP) is 3.01. The van der Waals surface area contributed by atoms with Gasteiger partial charge in [-0.25, -0.2) is 13.2 Å². The average Bonchev–Trinajstić information content (AvgIpc) is 2.68. The van der Waals surface area contributed by atoms with Crippen LogP contribution < -0.4 is 15.4 Å². The minimum atomic E-state index is -4.12. The number of aliphatic hydroxyl groups is 1. The highest BCUT2D eigenvalue weighted by molar-refractivity contribution is 14.1. The molecule has 4 N–H and O–H groups in total. The highest BCUT2D eigenvalue weighted by atomic mass is 127. The van der Waals surface area contributed by atoms with Gasteiger partial charge in [-0.2, -0.15) is 12.7 Å². The summed E-state index contributed by atoms with van der Waals surface area (Å²) in [6.45, 7) is 1.94. The molecular formula is C18H22F3IN4O3S. The number of halogens is 4. The second-order valence-electron chi connectivity index (χ2n) is 6.50. The van der Waals surface area contributed by atoms with Crippen molar-refractivity contribution in [2.45, 2.75) is 13.0 Å². The number of nitrogens with zero attached hydrogens (tertiary/aromatic N) is 1. The number of benzene rings is 2. The molecule has 0 amide bonds. The summed E-state index contributed by atoms with van der Waals surface area (Å²) >= 11 is 1.90. The van der Waals surface area contributed by atoms with Crippen LogP contribution in [-0.2, 0) is 10.2 Å². The van der Waals surface area contributed by atoms with Crippen molar-refractivity contribution in [3.8, 4) is 0 Å². The summed E-state index contributed by atoms with van der Waals surface area (Å²) in [7, 11) is -2.82. The highest BCUT2D eigenvalue weighted by Crippen LogP contribution is 2.32. The second-order valence-corrected chi connectivity index (χ2v) is 9.52. The summed E-state index contributed by atoms with van der Waals surface area (Å²) in [4.78, 5) is 0. The van der Waals surface area contributed by atoms with E-state index in [1.54, 1.807) is 13.0 Å². The van der Waals surface area contributed by atoms with Crippen LogP contribution in [0.2, 0.25) is 0 Å². The third-order valence-electron chi connectivity index (χ3n) is 4.13. The van der Waals surface area contributed by atoms with Gasteiger partial charge in [-0.3, -0.25) is 4.72 Å². The molecule has 1 unspecified atom stereocenters. The lowest BCUT2D eigenvalue weighted by Gasteiger charge is -2.21. The van der Waals surface area contributed by atoms with Gasteiger partial charge in [0.25, 0.3) is 0 Å². The van der Waals surface area contributed by atoms with E-state index in [9.17, 15) is 21.6 Å². The second kappa shape index (κ2) is 10.6. The summed E-state index contributed by atoms with van der Waals surface area (Å²) in [6.07, 6.45) is 0. The first-order valence-electron chi connectivity index (χ1n) is 8.83. The van der Waals surface area contributed by atoms with Gasteiger partial charge in [0.15, 0.2) is 11.6 Å². The molecular weight excluding hydrogens is 536 g/mol. The highest BCUT2D eigenvalue weighted by Gasteiger charge is 2.22. The molecule has 12 heteroatoms. The fraction of sp³-hybridized carbons (Fsp3) is 0.333. The number of hydrogen-bond donors (Lipinski definition) is 4. The van der Waals surface area contributed by atoms with Crippen molar-refractivity contribution in [2.75, 3.05) is 36.8 Å². The van der Waals surface area contributed by atoms with Crippen molar-refractivity contribution in [1.82, 2.24) is 9.62 Å². The number of nitrogens with one attached hydrogen (secondary N) is 3. The van der Waals surface area contributed by atoms with E-state index < -0.39 is 33.3 Å². The largest absolute Gasteiger partial charge is 0.395 e. The van der Waals surface area contributed by atoms with E-state index in [2.05, 4.69) is 15.4 Å². The lowest BCUT2D eigenvalue weighted by Crippen LogP contribution is -2.40. The molecule has 0 bridgehead atoms. The van der Waals surface area contributed by atoms with E-state index in [0.29, 0.717) is 3.57 Å². The molecule has 7 nitrogen and oxygen atoms in total. The van der Waals surface area contributed by atoms with Gasteiger partial charge in [-0.05, 0) is 59.8 Å². The first-order valence-corrected chi connectivity index (χ1v) is 11.4. The first kappa shape index (κ1) is 24.7. The number of aliphatic hydroxyl groups excluding tert-OH is 1. The van der Waals surface area contributed by atoms with Gasteiger partial charge in [-0.1, -0.05) is 0 Å². The van der Waals surface area contributed by atoms with Gasteiger partial charge in [-0.15, -0.1) is 0 Å². The molecule has 30 heavy (non-hydrogen) atoms. The van der Waals surface area contributed by atoms with Gasteiger partial charge in [0.05, 0.1) is 18.0 Å². The Morgan fingerprint density at radius 1 is 1.13 bits per heavy atom. The van der Waals surface area contributed by atoms with Gasteiger partial charge >= 0.3 is 10.2 Å². The maximum atomic E-state index is 14.4. The van der Waals surface area contributed by atoms with Crippen molar-refractivity contribution in [2.24, 2.45) is 0 Å². The molecule has 0 saturated carbocycles. The van der Waals surface area contributed by atoms with Crippen LogP contribution >= 0.6 is 22.6 Å². The number of hydrogen-bond acceptors (Lipinski definition) is 5. The van der Waals surface area contributed by atoms with Crippen LogP contribution in [0.15, 0.2) is 30.3 Å². The van der Waals surface area contributed by atoms with Gasteiger partial charge in [0, 0.05) is 29.7 Å². The fourth-order valence-electron chi connectivity index (χ4n) is 2.35. The molecule has 0 aliphatic rings. The van der Waals surface area contributed by atoms with Gasteiger partial charge < -0.3 is 15.7 Å². The standard InChI is InChI=1S/C18H22F3IN4O3S/c1-11(10-27)23-7-8-26(2)30(28,29)25-16-6-4-13(19)17(21)18(16)24-15-5-3-12(22)9-14(15)20/h3-6,9,11,23-25,27H,7-8,10H2,1-2H3. The molecule has 0 aromatic heterocycles. The van der Waals surface area contributed by atoms with Crippen molar-refractivity contribution in [3.05, 3.63) is 51.4 Å². The maximum Gasteiger partial charge on any atom is 0.301 e. The Morgan fingerprint density at radius 2 is 1.80 bits per heavy atom. The molecule has 166 valence electrons. The molecule has 0 radical (unpaired) electrons. The van der Waals surface area contributed by atoms with E-state index in [-0.39, 0.29) is 37.1 Å². The zero-order chi connectivity index (χ0) is 22.5. The number of likely N-dealkylation sites (N-methyl/N-ethyl adjacent to an activating group) is 1. The Hall–Kier alpha value is -1.61. The molecule has 0 heterocycles. The van der Waals surface area contributed by atoms with Crippen molar-refractivity contribution in [1.29, 1.82) is 0 Å². The molecule has 2 aromatic carbocycles. The van der Waals surface area contributed by atoms with Crippen molar-refractivity contribution >= 4 is 49.9 Å². The SMILES string of the molecule is CC(CO)NCCN(C)S(=O)(=O)Nc1ccc(F)c(F)c1Nc1ccc(I)cc1F. The van der Waals surface area contributed by atoms with E-state index in [1.807, 2.05) is 22.6 Å². The zero-order valence-electron chi connectivity index (χ0n) is 16.2. The van der Waals surface area contributed by atoms with Crippen LogP contribution in [0.5, 0.6) is 0 Å². The fourth-order valence-corrected chi connectivity index (χ4v) is 3.74. The minimum absolute atomic E-state index is 0.0534. The molecule has 0 aliphatic heterocycles. The van der Waals surface area contributed by atoms with Crippen LogP contribution in [0.3, 0.4) is 0 Å². The lowest BCUT2D eigenvalue weighted by atomic mass is 10.2. The van der Waals surface area contributed by atoms with Crippen LogP contribution in [0.1, 0.15) is 6.92 Å². The third kappa shape index (κ3) is 6.44. The molecule has 0 fully saturated rings. The topological polar surface area (TPSA) is 93.7 Å². The van der Waals surface area contributed by atoms with E-state index in [0.717, 1.165) is 16.4 Å². The molecule has 2 aromatic rings. The normalized spacial score (nSPS) is 12.8. The van der Waals surface area contributed by atoms with E-state index in [4.69, 9.17) is 5.11 Å². The Kier molecular flexibility index (Phi) is 8.73. The molecule has 0 aliphatic carbocycles. The Labute approximate surface area is 187 Å². The Bertz CT molecular complexity index is 995. The Morgan fingerprint density at radius 3 is 2.43 bits per heavy atom. The lowest BCUT2D eigenvalue weighted by molar-refractivity contribution is 0.250. The molecule has 0 spiro atoms. The monoisotopic (exact) mass is 558 g/mol. The van der Waals surface area contributed by atoms with Crippen LogP contribution in [0.25, 0.3) is 0 Å². The maximum absolute atomic E-state index is 14.4. The average molecular weight is 558 g/mol. The smallest absolute Gasteiger partial charge is 0.301 e. The number of anilines is 3. The van der Waals surface area contributed by atoms with Crippen molar-refractivity contribution < 1.29 is 26.7 Å². The van der Waals surface area contributed by atoms with E-state index in [1.165, 1.54) is 19.2 Å². The summed E-state index contributed by atoms with van der Waals surface area (Å²) in [5, 5.41) is 14.3. The summed E-state index contributed by atoms with van der Waals surface area (Å²) in [5.74, 6) is -3.28. The third-order valence-corrected chi connectivity index (χ3v) is 6.28. The minimum Gasteiger partial charge on any atom is -0.395 e. The van der Waals surface area contributed by atoms with Gasteiger partial charge in [0.2, 0.25) is 0 Å². The first-order chi connectivity index (χ1) is 14.0. The zero-order valence-corrected chi connectivity index (χ0v) is 19.2. The molecule has 2 rings (SSSR count). The summed E-state index contributed by atoms with van der Waals surface area (Å²) in [6, 6.07) is 5.69. The van der Waals surface area contributed by atoms with Crippen LogP contribution in [0.4, 0.5) is 30.2 Å². The summed E-state index contributed by atoms with van der Waals surface area (Å²) in [5.41, 5.74) is -0.967. The predicted molar refractivity (Wildman–Crippen MR) is 118 cm³/mol. The molecule has 0 saturated heterocycles. The summed E-state index contributed by atoms with van der Waals surface area (Å²) < 4.78 is 71.2. The number of rotatable bonds is 10. The van der Waals surface area contributed by atoms with E-state index >= 15 is 0 Å². The van der Waals surface area contributed by atoms with Crippen LogP contribution in [-0.4, -0.2) is 50.6 Å².